The van der Waals surface area contributed by atoms with Crippen molar-refractivity contribution >= 4 is 34.5 Å². The third-order valence-electron chi connectivity index (χ3n) is 6.76. The highest BCUT2D eigenvalue weighted by molar-refractivity contribution is 7.14. The van der Waals surface area contributed by atoms with E-state index in [1.165, 1.54) is 21.1 Å². The van der Waals surface area contributed by atoms with Crippen molar-refractivity contribution in [3.8, 4) is 17.3 Å². The molecule has 11 heteroatoms. The number of carboxylic acid groups (broad SMARTS) is 1. The smallest absolute Gasteiger partial charge is 0.407 e. The van der Waals surface area contributed by atoms with Gasteiger partial charge in [0.1, 0.15) is 5.54 Å². The van der Waals surface area contributed by atoms with Gasteiger partial charge in [0.25, 0.3) is 5.91 Å². The zero-order chi connectivity index (χ0) is 26.6. The normalized spacial score (nSPS) is 16.6. The lowest BCUT2D eigenvalue weighted by molar-refractivity contribution is 0.0792. The highest BCUT2D eigenvalue weighted by atomic mass is 32.1. The molecule has 0 bridgehead atoms. The van der Waals surface area contributed by atoms with Crippen molar-refractivity contribution in [3.05, 3.63) is 35.2 Å². The van der Waals surface area contributed by atoms with Crippen LogP contribution in [0.25, 0.3) is 11.3 Å². The van der Waals surface area contributed by atoms with Gasteiger partial charge in [-0.15, -0.1) is 11.3 Å². The summed E-state index contributed by atoms with van der Waals surface area (Å²) >= 11 is 1.48. The lowest BCUT2D eigenvalue weighted by Gasteiger charge is -2.30. The molecule has 10 nitrogen and oxygen atoms in total. The molecule has 2 aliphatic rings. The molecule has 1 aromatic heterocycles. The third-order valence-corrected chi connectivity index (χ3v) is 7.53. The number of carbonyl (C=O) groups excluding carboxylic acids is 2. The maximum absolute atomic E-state index is 13.3. The number of piperidine rings is 1. The minimum Gasteiger partial charge on any atom is -0.465 e. The first-order valence-corrected chi connectivity index (χ1v) is 13.4. The number of benzene rings is 1. The molecule has 37 heavy (non-hydrogen) atoms. The van der Waals surface area contributed by atoms with E-state index in [1.54, 1.807) is 12.1 Å². The summed E-state index contributed by atoms with van der Waals surface area (Å²) in [6.45, 7) is 5.35. The zero-order valence-corrected chi connectivity index (χ0v) is 21.9. The van der Waals surface area contributed by atoms with E-state index in [4.69, 9.17) is 5.11 Å². The molecule has 1 saturated heterocycles. The summed E-state index contributed by atoms with van der Waals surface area (Å²) in [4.78, 5) is 44.5. The monoisotopic (exact) mass is 524 g/mol. The van der Waals surface area contributed by atoms with Crippen LogP contribution >= 0.6 is 11.3 Å². The van der Waals surface area contributed by atoms with Crippen LogP contribution in [-0.4, -0.2) is 69.1 Å². The van der Waals surface area contributed by atoms with Gasteiger partial charge in [-0.1, -0.05) is 26.0 Å². The summed E-state index contributed by atoms with van der Waals surface area (Å²) in [5.74, 6) is -0.0831. The van der Waals surface area contributed by atoms with Gasteiger partial charge in [-0.05, 0) is 50.2 Å². The van der Waals surface area contributed by atoms with Gasteiger partial charge >= 0.3 is 12.1 Å². The second-order valence-corrected chi connectivity index (χ2v) is 10.9. The van der Waals surface area contributed by atoms with Gasteiger partial charge < -0.3 is 20.6 Å². The van der Waals surface area contributed by atoms with Gasteiger partial charge in [0.05, 0.1) is 11.8 Å². The van der Waals surface area contributed by atoms with Crippen molar-refractivity contribution in [1.29, 1.82) is 5.26 Å². The van der Waals surface area contributed by atoms with E-state index < -0.39 is 23.6 Å². The molecule has 1 aliphatic heterocycles. The molecule has 2 heterocycles. The molecule has 196 valence electrons. The number of thiazole rings is 1. The molecule has 1 aliphatic carbocycles. The molecule has 4 rings (SSSR count). The number of nitrogens with one attached hydrogen (secondary N) is 2. The fraction of sp³-hybridized carbons (Fsp3) is 0.500. The number of aromatic nitrogens is 1. The molecule has 0 spiro atoms. The van der Waals surface area contributed by atoms with Crippen molar-refractivity contribution in [2.75, 3.05) is 25.0 Å². The van der Waals surface area contributed by atoms with Crippen LogP contribution in [0.1, 0.15) is 56.3 Å². The minimum atomic E-state index is -0.880. The predicted molar refractivity (Wildman–Crippen MR) is 140 cm³/mol. The van der Waals surface area contributed by atoms with Gasteiger partial charge in [0, 0.05) is 42.2 Å². The minimum absolute atomic E-state index is 0.174. The standard InChI is InChI=1S/C26H32N6O4S/c1-17(2)7-14-32(24(34)30-26(16-27)10-11-26)22(33)19-5-3-18(4-6-19)21-15-37-23(29-21)28-20-8-12-31(13-9-20)25(35)36/h3-6,15,17,20H,7-14H2,1-2H3,(H,28,29)(H,30,34)(H,35,36). The number of likely N-dealkylation sites (tertiary alicyclic amines) is 1. The molecular formula is C26H32N6O4S. The Morgan fingerprint density at radius 2 is 1.92 bits per heavy atom. The zero-order valence-electron chi connectivity index (χ0n) is 21.1. The predicted octanol–water partition coefficient (Wildman–Crippen LogP) is 4.62. The number of nitrogens with zero attached hydrogens (tertiary/aromatic N) is 4. The number of urea groups is 1. The van der Waals surface area contributed by atoms with Crippen LogP contribution in [0.15, 0.2) is 29.6 Å². The van der Waals surface area contributed by atoms with E-state index in [0.717, 1.165) is 29.2 Å². The average molecular weight is 525 g/mol. The number of carbonyl (C=O) groups is 3. The Balaban J connectivity index is 1.40. The molecule has 4 amide bonds. The van der Waals surface area contributed by atoms with Crippen molar-refractivity contribution in [2.45, 2.75) is 57.5 Å². The maximum Gasteiger partial charge on any atom is 0.407 e. The second kappa shape index (κ2) is 11.2. The van der Waals surface area contributed by atoms with Gasteiger partial charge in [0.2, 0.25) is 0 Å². The van der Waals surface area contributed by atoms with Crippen LogP contribution in [0, 0.1) is 17.2 Å². The van der Waals surface area contributed by atoms with E-state index in [9.17, 15) is 19.6 Å². The molecule has 0 radical (unpaired) electrons. The largest absolute Gasteiger partial charge is 0.465 e. The first-order valence-electron chi connectivity index (χ1n) is 12.6. The summed E-state index contributed by atoms with van der Waals surface area (Å²) in [6.07, 6.45) is 2.45. The molecule has 0 atom stereocenters. The van der Waals surface area contributed by atoms with E-state index in [-0.39, 0.29) is 12.6 Å². The van der Waals surface area contributed by atoms with Crippen molar-refractivity contribution in [2.24, 2.45) is 5.92 Å². The summed E-state index contributed by atoms with van der Waals surface area (Å²) in [5.41, 5.74) is 1.17. The number of hydrogen-bond donors (Lipinski definition) is 3. The Bertz CT molecular complexity index is 1180. The van der Waals surface area contributed by atoms with E-state index in [0.29, 0.717) is 43.8 Å². The molecule has 1 aromatic carbocycles. The lowest BCUT2D eigenvalue weighted by atomic mass is 10.1. The van der Waals surface area contributed by atoms with Crippen LogP contribution in [0.3, 0.4) is 0 Å². The van der Waals surface area contributed by atoms with E-state index in [2.05, 4.69) is 21.7 Å². The fourth-order valence-electron chi connectivity index (χ4n) is 4.15. The van der Waals surface area contributed by atoms with E-state index in [1.807, 2.05) is 31.4 Å². The van der Waals surface area contributed by atoms with Crippen LogP contribution < -0.4 is 10.6 Å². The number of imide groups is 1. The van der Waals surface area contributed by atoms with Gasteiger partial charge in [-0.3, -0.25) is 9.69 Å². The Morgan fingerprint density at radius 1 is 1.24 bits per heavy atom. The number of anilines is 1. The molecule has 3 N–H and O–H groups in total. The summed E-state index contributed by atoms with van der Waals surface area (Å²) in [7, 11) is 0. The number of rotatable bonds is 8. The van der Waals surface area contributed by atoms with Gasteiger partial charge in [-0.2, -0.15) is 5.26 Å². The maximum atomic E-state index is 13.3. The Morgan fingerprint density at radius 3 is 2.49 bits per heavy atom. The Labute approximate surface area is 220 Å². The number of hydrogen-bond acceptors (Lipinski definition) is 7. The van der Waals surface area contributed by atoms with Crippen LogP contribution in [-0.2, 0) is 0 Å². The third kappa shape index (κ3) is 6.57. The molecule has 0 unspecified atom stereocenters. The Kier molecular flexibility index (Phi) is 7.97. The first kappa shape index (κ1) is 26.4. The quantitative estimate of drug-likeness (QED) is 0.458. The fourth-order valence-corrected chi connectivity index (χ4v) is 4.94. The molecule has 2 aromatic rings. The Hall–Kier alpha value is -3.65. The van der Waals surface area contributed by atoms with Crippen molar-refractivity contribution < 1.29 is 19.5 Å². The number of amides is 4. The number of nitriles is 1. The molecular weight excluding hydrogens is 492 g/mol. The van der Waals surface area contributed by atoms with Crippen LogP contribution in [0.4, 0.5) is 14.7 Å². The van der Waals surface area contributed by atoms with Gasteiger partial charge in [-0.25, -0.2) is 14.6 Å². The highest BCUT2D eigenvalue weighted by Gasteiger charge is 2.46. The van der Waals surface area contributed by atoms with Gasteiger partial charge in [0.15, 0.2) is 5.13 Å². The summed E-state index contributed by atoms with van der Waals surface area (Å²) in [6, 6.07) is 8.79. The van der Waals surface area contributed by atoms with Crippen LogP contribution in [0.2, 0.25) is 0 Å². The molecule has 2 fully saturated rings. The first-order chi connectivity index (χ1) is 17.7. The van der Waals surface area contributed by atoms with E-state index >= 15 is 0 Å². The van der Waals surface area contributed by atoms with Crippen molar-refractivity contribution in [1.82, 2.24) is 20.1 Å². The SMILES string of the molecule is CC(C)CCN(C(=O)NC1(C#N)CC1)C(=O)c1ccc(-c2csc(NC3CCN(C(=O)O)CC3)n2)cc1. The van der Waals surface area contributed by atoms with Crippen LogP contribution in [0.5, 0.6) is 0 Å². The van der Waals surface area contributed by atoms with Crippen molar-refractivity contribution in [3.63, 3.8) is 0 Å². The summed E-state index contributed by atoms with van der Waals surface area (Å²) < 4.78 is 0. The summed E-state index contributed by atoms with van der Waals surface area (Å²) in [5, 5.41) is 27.3. The average Bonchev–Trinajstić information content (AvgIpc) is 3.50. The second-order valence-electron chi connectivity index (χ2n) is 10.1. The lowest BCUT2D eigenvalue weighted by Crippen LogP contribution is -2.48. The molecule has 1 saturated carbocycles. The topological polar surface area (TPSA) is 139 Å². The highest BCUT2D eigenvalue weighted by Crippen LogP contribution is 2.34.